The highest BCUT2D eigenvalue weighted by Gasteiger charge is 2.19. The van der Waals surface area contributed by atoms with Gasteiger partial charge in [-0.15, -0.1) is 0 Å². The lowest BCUT2D eigenvalue weighted by Gasteiger charge is -2.28. The molecular formula is C52H40N2O. The Hall–Kier alpha value is -7.10. The number of fused-ring (bicyclic) bond motifs is 2. The van der Waals surface area contributed by atoms with Crippen LogP contribution in [0.4, 0.5) is 22.7 Å². The molecule has 0 radical (unpaired) electrons. The van der Waals surface area contributed by atoms with Crippen molar-refractivity contribution in [2.24, 2.45) is 0 Å². The SMILES string of the molecule is CC(Oc1ccc2cc(N(c3ccc(-c4cccc5ccccc45)cc3)c3ccccc3-c3ccccc3)ccc2c1N)c1ccc(-c2ccccc2)cc1. The molecule has 0 fully saturated rings. The van der Waals surface area contributed by atoms with Crippen molar-refractivity contribution >= 4 is 44.3 Å². The molecule has 0 bridgehead atoms. The van der Waals surface area contributed by atoms with Crippen LogP contribution in [0.5, 0.6) is 5.75 Å². The van der Waals surface area contributed by atoms with Crippen LogP contribution >= 0.6 is 0 Å². The Labute approximate surface area is 322 Å². The number of nitrogens with zero attached hydrogens (tertiary/aromatic N) is 1. The van der Waals surface area contributed by atoms with Gasteiger partial charge in [0.15, 0.2) is 0 Å². The van der Waals surface area contributed by atoms with Crippen LogP contribution in [0, 0.1) is 0 Å². The fraction of sp³-hybridized carbons (Fsp3) is 0.0385. The summed E-state index contributed by atoms with van der Waals surface area (Å²) in [7, 11) is 0. The van der Waals surface area contributed by atoms with E-state index in [2.05, 4.69) is 206 Å². The largest absolute Gasteiger partial charge is 0.484 e. The fourth-order valence-electron chi connectivity index (χ4n) is 7.62. The third-order valence-electron chi connectivity index (χ3n) is 10.5. The molecule has 0 aliphatic rings. The van der Waals surface area contributed by atoms with E-state index >= 15 is 0 Å². The molecule has 1 atom stereocenters. The lowest BCUT2D eigenvalue weighted by Crippen LogP contribution is -2.11. The predicted octanol–water partition coefficient (Wildman–Crippen LogP) is 14.2. The number of rotatable bonds is 9. The number of para-hydroxylation sites is 1. The highest BCUT2D eigenvalue weighted by molar-refractivity contribution is 6.00. The Balaban J connectivity index is 1.07. The summed E-state index contributed by atoms with van der Waals surface area (Å²) in [5, 5.41) is 4.47. The Morgan fingerprint density at radius 2 is 1.02 bits per heavy atom. The minimum absolute atomic E-state index is 0.175. The van der Waals surface area contributed by atoms with Gasteiger partial charge in [0.25, 0.3) is 0 Å². The average molecular weight is 709 g/mol. The monoisotopic (exact) mass is 708 g/mol. The molecule has 3 heteroatoms. The van der Waals surface area contributed by atoms with Gasteiger partial charge in [-0.05, 0) is 92.9 Å². The summed E-state index contributed by atoms with van der Waals surface area (Å²) in [6.07, 6.45) is -0.175. The van der Waals surface area contributed by atoms with Crippen LogP contribution in [0.25, 0.3) is 54.9 Å². The van der Waals surface area contributed by atoms with Crippen LogP contribution in [-0.2, 0) is 0 Å². The fourth-order valence-corrected chi connectivity index (χ4v) is 7.62. The van der Waals surface area contributed by atoms with Gasteiger partial charge in [-0.1, -0.05) is 170 Å². The molecule has 9 aromatic carbocycles. The molecular weight excluding hydrogens is 669 g/mol. The smallest absolute Gasteiger partial charge is 0.143 e. The van der Waals surface area contributed by atoms with Crippen LogP contribution in [-0.4, -0.2) is 0 Å². The van der Waals surface area contributed by atoms with Crippen LogP contribution in [0.2, 0.25) is 0 Å². The van der Waals surface area contributed by atoms with Gasteiger partial charge in [0.2, 0.25) is 0 Å². The Bertz CT molecular complexity index is 2740. The zero-order chi connectivity index (χ0) is 37.1. The minimum Gasteiger partial charge on any atom is -0.484 e. The van der Waals surface area contributed by atoms with Crippen molar-refractivity contribution in [2.75, 3.05) is 10.6 Å². The molecule has 0 saturated carbocycles. The van der Waals surface area contributed by atoms with Crippen molar-refractivity contribution < 1.29 is 4.74 Å². The van der Waals surface area contributed by atoms with E-state index in [-0.39, 0.29) is 6.10 Å². The molecule has 0 aliphatic heterocycles. The van der Waals surface area contributed by atoms with E-state index < -0.39 is 0 Å². The minimum atomic E-state index is -0.175. The summed E-state index contributed by atoms with van der Waals surface area (Å²) in [4.78, 5) is 2.34. The van der Waals surface area contributed by atoms with Crippen LogP contribution in [0.1, 0.15) is 18.6 Å². The maximum Gasteiger partial charge on any atom is 0.143 e. The molecule has 264 valence electrons. The molecule has 0 heterocycles. The molecule has 9 rings (SSSR count). The standard InChI is InChI=1S/C52H40N2O/c1-36(37-23-25-39(26-24-37)38-13-4-2-5-14-38)55-51-34-29-43-35-45(32-33-49(43)52(51)53)54(50-22-11-10-20-48(50)41-15-6-3-7-16-41)44-30-27-42(28-31-44)47-21-12-18-40-17-8-9-19-46(40)47/h2-36H,53H2,1H3. The number of benzene rings is 9. The second-order valence-electron chi connectivity index (χ2n) is 13.9. The van der Waals surface area contributed by atoms with Gasteiger partial charge >= 0.3 is 0 Å². The first-order valence-electron chi connectivity index (χ1n) is 18.8. The number of nitrogen functional groups attached to an aromatic ring is 1. The maximum absolute atomic E-state index is 6.87. The van der Waals surface area contributed by atoms with Crippen LogP contribution < -0.4 is 15.4 Å². The topological polar surface area (TPSA) is 38.5 Å². The van der Waals surface area contributed by atoms with E-state index in [0.717, 1.165) is 44.5 Å². The zero-order valence-corrected chi connectivity index (χ0v) is 30.6. The highest BCUT2D eigenvalue weighted by Crippen LogP contribution is 2.44. The first kappa shape index (κ1) is 33.7. The van der Waals surface area contributed by atoms with Crippen molar-refractivity contribution in [1.82, 2.24) is 0 Å². The average Bonchev–Trinajstić information content (AvgIpc) is 3.26. The van der Waals surface area contributed by atoms with E-state index in [9.17, 15) is 0 Å². The second kappa shape index (κ2) is 14.7. The second-order valence-corrected chi connectivity index (χ2v) is 13.9. The summed E-state index contributed by atoms with van der Waals surface area (Å²) >= 11 is 0. The summed E-state index contributed by atoms with van der Waals surface area (Å²) in [5.74, 6) is 0.676. The number of hydrogen-bond donors (Lipinski definition) is 1. The van der Waals surface area contributed by atoms with Crippen LogP contribution in [0.3, 0.4) is 0 Å². The normalized spacial score (nSPS) is 11.7. The molecule has 0 spiro atoms. The molecule has 1 unspecified atom stereocenters. The Morgan fingerprint density at radius 3 is 1.80 bits per heavy atom. The van der Waals surface area contributed by atoms with Crippen molar-refractivity contribution in [3.63, 3.8) is 0 Å². The summed E-state index contributed by atoms with van der Waals surface area (Å²) < 4.78 is 6.50. The van der Waals surface area contributed by atoms with Gasteiger partial charge in [0.05, 0.1) is 11.4 Å². The van der Waals surface area contributed by atoms with Gasteiger partial charge in [0.1, 0.15) is 11.9 Å². The van der Waals surface area contributed by atoms with Gasteiger partial charge in [-0.3, -0.25) is 0 Å². The molecule has 3 nitrogen and oxygen atoms in total. The molecule has 9 aromatic rings. The van der Waals surface area contributed by atoms with Gasteiger partial charge in [0, 0.05) is 22.3 Å². The molecule has 0 aliphatic carbocycles. The molecule has 55 heavy (non-hydrogen) atoms. The molecule has 0 amide bonds. The van der Waals surface area contributed by atoms with E-state index in [1.54, 1.807) is 0 Å². The van der Waals surface area contributed by atoms with Crippen LogP contribution in [0.15, 0.2) is 206 Å². The van der Waals surface area contributed by atoms with E-state index in [1.165, 1.54) is 33.0 Å². The summed E-state index contributed by atoms with van der Waals surface area (Å²) in [6.45, 7) is 2.07. The number of nitrogens with two attached hydrogens (primary N) is 1. The van der Waals surface area contributed by atoms with Crippen molar-refractivity contribution in [3.8, 4) is 39.1 Å². The number of ether oxygens (including phenoxy) is 1. The highest BCUT2D eigenvalue weighted by atomic mass is 16.5. The first-order valence-corrected chi connectivity index (χ1v) is 18.8. The number of anilines is 4. The Kier molecular flexibility index (Phi) is 9.03. The maximum atomic E-state index is 6.87. The first-order chi connectivity index (χ1) is 27.1. The van der Waals surface area contributed by atoms with Crippen molar-refractivity contribution in [2.45, 2.75) is 13.0 Å². The Morgan fingerprint density at radius 1 is 0.436 bits per heavy atom. The third kappa shape index (κ3) is 6.69. The summed E-state index contributed by atoms with van der Waals surface area (Å²) in [6, 6.07) is 72.8. The van der Waals surface area contributed by atoms with Gasteiger partial charge in [-0.2, -0.15) is 0 Å². The zero-order valence-electron chi connectivity index (χ0n) is 30.6. The van der Waals surface area contributed by atoms with E-state index in [4.69, 9.17) is 10.5 Å². The third-order valence-corrected chi connectivity index (χ3v) is 10.5. The molecule has 0 aromatic heterocycles. The van der Waals surface area contributed by atoms with Gasteiger partial charge in [-0.25, -0.2) is 0 Å². The lowest BCUT2D eigenvalue weighted by atomic mass is 9.97. The summed E-state index contributed by atoms with van der Waals surface area (Å²) in [5.41, 5.74) is 18.9. The van der Waals surface area contributed by atoms with E-state index in [1.807, 2.05) is 12.1 Å². The van der Waals surface area contributed by atoms with Gasteiger partial charge < -0.3 is 15.4 Å². The predicted molar refractivity (Wildman–Crippen MR) is 232 cm³/mol. The van der Waals surface area contributed by atoms with Crippen molar-refractivity contribution in [3.05, 3.63) is 212 Å². The lowest BCUT2D eigenvalue weighted by molar-refractivity contribution is 0.228. The molecule has 0 saturated heterocycles. The number of hydrogen-bond acceptors (Lipinski definition) is 3. The van der Waals surface area contributed by atoms with E-state index in [0.29, 0.717) is 11.4 Å². The molecule has 2 N–H and O–H groups in total. The van der Waals surface area contributed by atoms with Crippen molar-refractivity contribution in [1.29, 1.82) is 0 Å². The quantitative estimate of drug-likeness (QED) is 0.152.